The molecule has 2 heteroatoms. The van der Waals surface area contributed by atoms with E-state index in [0.29, 0.717) is 11.1 Å². The third kappa shape index (κ3) is 3.58. The topological polar surface area (TPSA) is 43.5 Å². The number of rotatable bonds is 1. The van der Waals surface area contributed by atoms with Gasteiger partial charge in [0, 0.05) is 11.1 Å². The molecule has 0 aliphatic carbocycles. The van der Waals surface area contributed by atoms with Crippen LogP contribution in [0.2, 0.25) is 0 Å². The lowest BCUT2D eigenvalue weighted by molar-refractivity contribution is 0.103. The molecule has 3 N–H and O–H groups in total. The van der Waals surface area contributed by atoms with Crippen LogP contribution in [-0.2, 0) is 0 Å². The molecule has 0 radical (unpaired) electrons. The zero-order valence-corrected chi connectivity index (χ0v) is 10.6. The third-order valence-electron chi connectivity index (χ3n) is 3.16. The van der Waals surface area contributed by atoms with E-state index in [1.807, 2.05) is 0 Å². The number of hydrogen-bond donors (Lipinski definition) is 1. The van der Waals surface area contributed by atoms with E-state index < -0.39 is 0 Å². The van der Waals surface area contributed by atoms with E-state index in [2.05, 4.69) is 46.9 Å². The maximum atomic E-state index is 3.72. The van der Waals surface area contributed by atoms with Gasteiger partial charge in [0.2, 0.25) is 0 Å². The standard InChI is InChI=1S/C12H25N.H2O/c1-9(2)10-7-11(3,4)13-12(5,6)8-10;/h9-10,13H,7-8H2,1-6H3;1H2. The Balaban J connectivity index is 0.00000169. The predicted octanol–water partition coefficient (Wildman–Crippen LogP) is 2.37. The monoisotopic (exact) mass is 201 g/mol. The maximum Gasteiger partial charge on any atom is 0.0132 e. The maximum absolute atomic E-state index is 3.72. The van der Waals surface area contributed by atoms with Gasteiger partial charge in [-0.2, -0.15) is 0 Å². The first-order valence-electron chi connectivity index (χ1n) is 5.51. The van der Waals surface area contributed by atoms with Gasteiger partial charge in [0.15, 0.2) is 0 Å². The Morgan fingerprint density at radius 2 is 1.36 bits per heavy atom. The van der Waals surface area contributed by atoms with Crippen molar-refractivity contribution in [3.05, 3.63) is 0 Å². The zero-order chi connectivity index (χ0) is 10.3. The van der Waals surface area contributed by atoms with E-state index in [1.165, 1.54) is 12.8 Å². The van der Waals surface area contributed by atoms with Crippen molar-refractivity contribution in [2.45, 2.75) is 65.5 Å². The summed E-state index contributed by atoms with van der Waals surface area (Å²) in [6.07, 6.45) is 2.63. The molecule has 0 amide bonds. The van der Waals surface area contributed by atoms with Crippen molar-refractivity contribution < 1.29 is 5.48 Å². The summed E-state index contributed by atoms with van der Waals surface area (Å²) in [6, 6.07) is 0. The van der Waals surface area contributed by atoms with Gasteiger partial charge in [-0.15, -0.1) is 0 Å². The van der Waals surface area contributed by atoms with E-state index in [1.54, 1.807) is 0 Å². The molecule has 0 aromatic carbocycles. The Kier molecular flexibility index (Phi) is 4.17. The number of piperidine rings is 1. The Morgan fingerprint density at radius 3 is 1.64 bits per heavy atom. The average Bonchev–Trinajstić information content (AvgIpc) is 1.79. The molecule has 0 aromatic heterocycles. The summed E-state index contributed by atoms with van der Waals surface area (Å²) in [6.45, 7) is 14.0. The molecule has 0 bridgehead atoms. The molecule has 1 heterocycles. The first-order valence-corrected chi connectivity index (χ1v) is 5.51. The molecule has 14 heavy (non-hydrogen) atoms. The van der Waals surface area contributed by atoms with E-state index in [4.69, 9.17) is 0 Å². The number of hydrogen-bond acceptors (Lipinski definition) is 1. The van der Waals surface area contributed by atoms with Gasteiger partial charge >= 0.3 is 0 Å². The van der Waals surface area contributed by atoms with Gasteiger partial charge in [0.25, 0.3) is 0 Å². The molecular formula is C12H27NO. The highest BCUT2D eigenvalue weighted by Gasteiger charge is 2.38. The van der Waals surface area contributed by atoms with Crippen molar-refractivity contribution in [3.63, 3.8) is 0 Å². The summed E-state index contributed by atoms with van der Waals surface area (Å²) >= 11 is 0. The van der Waals surface area contributed by atoms with Crippen LogP contribution >= 0.6 is 0 Å². The first kappa shape index (κ1) is 13.9. The summed E-state index contributed by atoms with van der Waals surface area (Å²) in [5.41, 5.74) is 0.632. The smallest absolute Gasteiger partial charge is 0.0132 e. The largest absolute Gasteiger partial charge is 0.412 e. The molecule has 2 nitrogen and oxygen atoms in total. The summed E-state index contributed by atoms with van der Waals surface area (Å²) in [7, 11) is 0. The lowest BCUT2D eigenvalue weighted by Crippen LogP contribution is -2.58. The van der Waals surface area contributed by atoms with Crippen LogP contribution < -0.4 is 5.32 Å². The van der Waals surface area contributed by atoms with Gasteiger partial charge in [0.1, 0.15) is 0 Å². The SMILES string of the molecule is CC(C)C1CC(C)(C)NC(C)(C)C1.O. The minimum absolute atomic E-state index is 0. The van der Waals surface area contributed by atoms with Crippen LogP contribution in [0, 0.1) is 11.8 Å². The number of nitrogens with one attached hydrogen (secondary N) is 1. The zero-order valence-electron chi connectivity index (χ0n) is 10.6. The van der Waals surface area contributed by atoms with Gasteiger partial charge in [-0.3, -0.25) is 0 Å². The van der Waals surface area contributed by atoms with Gasteiger partial charge in [-0.1, -0.05) is 13.8 Å². The quantitative estimate of drug-likeness (QED) is 0.695. The van der Waals surface area contributed by atoms with Gasteiger partial charge in [-0.25, -0.2) is 0 Å². The fourth-order valence-electron chi connectivity index (χ4n) is 2.87. The minimum Gasteiger partial charge on any atom is -0.412 e. The van der Waals surface area contributed by atoms with Crippen molar-refractivity contribution in [1.82, 2.24) is 5.32 Å². The van der Waals surface area contributed by atoms with Crippen molar-refractivity contribution in [3.8, 4) is 0 Å². The molecule has 86 valence electrons. The molecule has 0 atom stereocenters. The van der Waals surface area contributed by atoms with Crippen LogP contribution in [0.1, 0.15) is 54.4 Å². The molecule has 1 saturated heterocycles. The minimum atomic E-state index is 0. The van der Waals surface area contributed by atoms with Gasteiger partial charge < -0.3 is 10.8 Å². The normalized spacial score (nSPS) is 25.9. The average molecular weight is 201 g/mol. The van der Waals surface area contributed by atoms with Crippen LogP contribution in [0.15, 0.2) is 0 Å². The Hall–Kier alpha value is -0.0800. The molecule has 0 aromatic rings. The van der Waals surface area contributed by atoms with Crippen molar-refractivity contribution in [2.24, 2.45) is 11.8 Å². The second-order valence-corrected chi connectivity index (χ2v) is 6.31. The Bertz CT molecular complexity index is 169. The van der Waals surface area contributed by atoms with Crippen LogP contribution in [0.25, 0.3) is 0 Å². The van der Waals surface area contributed by atoms with Crippen LogP contribution in [0.4, 0.5) is 0 Å². The molecular weight excluding hydrogens is 174 g/mol. The Labute approximate surface area is 88.8 Å². The van der Waals surface area contributed by atoms with Crippen LogP contribution in [0.5, 0.6) is 0 Å². The summed E-state index contributed by atoms with van der Waals surface area (Å²) in [5.74, 6) is 1.70. The lowest BCUT2D eigenvalue weighted by Gasteiger charge is -2.47. The fourth-order valence-corrected chi connectivity index (χ4v) is 2.87. The Morgan fingerprint density at radius 1 is 1.00 bits per heavy atom. The molecule has 1 rings (SSSR count). The van der Waals surface area contributed by atoms with Crippen LogP contribution in [0.3, 0.4) is 0 Å². The predicted molar refractivity (Wildman–Crippen MR) is 62.5 cm³/mol. The summed E-state index contributed by atoms with van der Waals surface area (Å²) in [5, 5.41) is 3.72. The molecule has 1 aliphatic heterocycles. The van der Waals surface area contributed by atoms with Crippen molar-refractivity contribution in [2.75, 3.05) is 0 Å². The van der Waals surface area contributed by atoms with E-state index in [9.17, 15) is 0 Å². The third-order valence-corrected chi connectivity index (χ3v) is 3.16. The van der Waals surface area contributed by atoms with E-state index in [0.717, 1.165) is 11.8 Å². The second-order valence-electron chi connectivity index (χ2n) is 6.31. The van der Waals surface area contributed by atoms with Crippen molar-refractivity contribution in [1.29, 1.82) is 0 Å². The lowest BCUT2D eigenvalue weighted by atomic mass is 9.72. The van der Waals surface area contributed by atoms with Gasteiger partial charge in [-0.05, 0) is 52.4 Å². The second kappa shape index (κ2) is 4.19. The fraction of sp³-hybridized carbons (Fsp3) is 1.00. The van der Waals surface area contributed by atoms with Crippen LogP contribution in [-0.4, -0.2) is 16.6 Å². The summed E-state index contributed by atoms with van der Waals surface area (Å²) in [4.78, 5) is 0. The highest BCUT2D eigenvalue weighted by Crippen LogP contribution is 2.36. The van der Waals surface area contributed by atoms with Gasteiger partial charge in [0.05, 0.1) is 0 Å². The van der Waals surface area contributed by atoms with E-state index >= 15 is 0 Å². The molecule has 0 saturated carbocycles. The highest BCUT2D eigenvalue weighted by molar-refractivity contribution is 4.97. The highest BCUT2D eigenvalue weighted by atomic mass is 16.0. The molecule has 0 spiro atoms. The molecule has 1 aliphatic rings. The molecule has 0 unspecified atom stereocenters. The molecule has 1 fully saturated rings. The van der Waals surface area contributed by atoms with Crippen molar-refractivity contribution >= 4 is 0 Å². The first-order chi connectivity index (χ1) is 5.72. The van der Waals surface area contributed by atoms with E-state index in [-0.39, 0.29) is 5.48 Å². The summed E-state index contributed by atoms with van der Waals surface area (Å²) < 4.78 is 0.